The Morgan fingerprint density at radius 1 is 1.64 bits per heavy atom. The van der Waals surface area contributed by atoms with Crippen molar-refractivity contribution in [1.29, 1.82) is 0 Å². The first-order valence-electron chi connectivity index (χ1n) is 4.24. The summed E-state index contributed by atoms with van der Waals surface area (Å²) in [7, 11) is 0. The van der Waals surface area contributed by atoms with Gasteiger partial charge in [-0.05, 0) is 19.9 Å². The van der Waals surface area contributed by atoms with Crippen LogP contribution in [0.3, 0.4) is 0 Å². The van der Waals surface area contributed by atoms with Crippen LogP contribution in [0.15, 0.2) is 23.5 Å². The van der Waals surface area contributed by atoms with Gasteiger partial charge in [0, 0.05) is 12.3 Å². The molecule has 0 unspecified atom stereocenters. The lowest BCUT2D eigenvalue weighted by Crippen LogP contribution is -2.15. The van der Waals surface area contributed by atoms with E-state index in [9.17, 15) is 0 Å². The van der Waals surface area contributed by atoms with Gasteiger partial charge in [0.1, 0.15) is 11.4 Å². The van der Waals surface area contributed by atoms with Gasteiger partial charge in [-0.15, -0.1) is 0 Å². The van der Waals surface area contributed by atoms with E-state index in [1.807, 2.05) is 13.8 Å². The molecule has 0 saturated carbocycles. The summed E-state index contributed by atoms with van der Waals surface area (Å²) in [6.45, 7) is 3.84. The molecule has 0 bridgehead atoms. The molecule has 0 aliphatic heterocycles. The highest BCUT2D eigenvalue weighted by Gasteiger charge is 2.03. The lowest BCUT2D eigenvalue weighted by atomic mass is 10.3. The van der Waals surface area contributed by atoms with E-state index in [1.165, 1.54) is 0 Å². The minimum atomic E-state index is -0.0285. The second-order valence-corrected chi connectivity index (χ2v) is 3.03. The molecular weight excluding hydrogens is 182 g/mol. The molecule has 0 saturated heterocycles. The summed E-state index contributed by atoms with van der Waals surface area (Å²) in [5, 5.41) is 11.3. The number of oxime groups is 1. The van der Waals surface area contributed by atoms with Crippen molar-refractivity contribution in [2.45, 2.75) is 20.0 Å². The fourth-order valence-corrected chi connectivity index (χ4v) is 0.948. The molecule has 0 radical (unpaired) electrons. The Bertz CT molecular complexity index is 337. The molecule has 0 aliphatic carbocycles. The van der Waals surface area contributed by atoms with Crippen molar-refractivity contribution >= 4 is 5.84 Å². The zero-order valence-electron chi connectivity index (χ0n) is 8.14. The Balaban J connectivity index is 2.90. The summed E-state index contributed by atoms with van der Waals surface area (Å²) < 4.78 is 5.42. The van der Waals surface area contributed by atoms with Gasteiger partial charge in [-0.2, -0.15) is 0 Å². The predicted octanol–water partition coefficient (Wildman–Crippen LogP) is 0.963. The Labute approximate surface area is 82.2 Å². The number of aromatic nitrogens is 1. The van der Waals surface area contributed by atoms with Crippen molar-refractivity contribution in [3.05, 3.63) is 24.0 Å². The highest BCUT2D eigenvalue weighted by atomic mass is 16.5. The maximum absolute atomic E-state index is 8.44. The third-order valence-electron chi connectivity index (χ3n) is 1.47. The lowest BCUT2D eigenvalue weighted by molar-refractivity contribution is 0.242. The average molecular weight is 195 g/mol. The number of rotatable bonds is 3. The Hall–Kier alpha value is -1.78. The second-order valence-electron chi connectivity index (χ2n) is 3.03. The van der Waals surface area contributed by atoms with Crippen LogP contribution in [-0.2, 0) is 0 Å². The van der Waals surface area contributed by atoms with E-state index >= 15 is 0 Å². The van der Waals surface area contributed by atoms with E-state index in [-0.39, 0.29) is 11.9 Å². The molecule has 0 fully saturated rings. The van der Waals surface area contributed by atoms with Gasteiger partial charge >= 0.3 is 0 Å². The first-order chi connectivity index (χ1) is 6.63. The Morgan fingerprint density at radius 3 is 2.93 bits per heavy atom. The summed E-state index contributed by atoms with van der Waals surface area (Å²) >= 11 is 0. The summed E-state index contributed by atoms with van der Waals surface area (Å²) in [4.78, 5) is 3.92. The molecular formula is C9H13N3O2. The molecule has 14 heavy (non-hydrogen) atoms. The lowest BCUT2D eigenvalue weighted by Gasteiger charge is -2.09. The SMILES string of the molecule is CC(C)Oc1ccnc(C(N)=NO)c1. The smallest absolute Gasteiger partial charge is 0.188 e. The third-order valence-corrected chi connectivity index (χ3v) is 1.47. The van der Waals surface area contributed by atoms with Gasteiger partial charge in [-0.3, -0.25) is 4.98 Å². The van der Waals surface area contributed by atoms with Gasteiger partial charge < -0.3 is 15.7 Å². The van der Waals surface area contributed by atoms with Gasteiger partial charge in [0.25, 0.3) is 0 Å². The quantitative estimate of drug-likeness (QED) is 0.326. The molecule has 1 heterocycles. The number of pyridine rings is 1. The van der Waals surface area contributed by atoms with Crippen LogP contribution in [0.1, 0.15) is 19.5 Å². The van der Waals surface area contributed by atoms with E-state index in [1.54, 1.807) is 18.3 Å². The molecule has 0 aliphatic rings. The number of nitrogens with two attached hydrogens (primary N) is 1. The predicted molar refractivity (Wildman–Crippen MR) is 52.5 cm³/mol. The van der Waals surface area contributed by atoms with Crippen LogP contribution < -0.4 is 10.5 Å². The van der Waals surface area contributed by atoms with Gasteiger partial charge in [-0.25, -0.2) is 0 Å². The number of nitrogens with zero attached hydrogens (tertiary/aromatic N) is 2. The molecule has 0 aromatic carbocycles. The molecule has 0 amide bonds. The van der Waals surface area contributed by atoms with Crippen molar-refractivity contribution < 1.29 is 9.94 Å². The van der Waals surface area contributed by atoms with E-state index < -0.39 is 0 Å². The second kappa shape index (κ2) is 4.45. The number of amidine groups is 1. The summed E-state index contributed by atoms with van der Waals surface area (Å²) in [6.07, 6.45) is 1.63. The number of ether oxygens (including phenoxy) is 1. The summed E-state index contributed by atoms with van der Waals surface area (Å²) in [5.74, 6) is 0.621. The van der Waals surface area contributed by atoms with Crippen molar-refractivity contribution in [3.8, 4) is 5.75 Å². The molecule has 0 atom stereocenters. The number of hydrogen-bond donors (Lipinski definition) is 2. The van der Waals surface area contributed by atoms with Gasteiger partial charge in [0.2, 0.25) is 0 Å². The van der Waals surface area contributed by atoms with Crippen LogP contribution in [-0.4, -0.2) is 22.1 Å². The fourth-order valence-electron chi connectivity index (χ4n) is 0.948. The van der Waals surface area contributed by atoms with Gasteiger partial charge in [0.05, 0.1) is 6.10 Å². The van der Waals surface area contributed by atoms with Gasteiger partial charge in [0.15, 0.2) is 5.84 Å². The van der Waals surface area contributed by atoms with Crippen molar-refractivity contribution in [2.24, 2.45) is 10.9 Å². The van der Waals surface area contributed by atoms with Crippen LogP contribution in [0, 0.1) is 0 Å². The molecule has 76 valence electrons. The molecule has 1 aromatic heterocycles. The molecule has 5 heteroatoms. The first-order valence-corrected chi connectivity index (χ1v) is 4.24. The first kappa shape index (κ1) is 10.3. The molecule has 1 aromatic rings. The van der Waals surface area contributed by atoms with Crippen LogP contribution in [0.25, 0.3) is 0 Å². The van der Waals surface area contributed by atoms with Gasteiger partial charge in [-0.1, -0.05) is 5.16 Å². The third kappa shape index (κ3) is 2.62. The van der Waals surface area contributed by atoms with Crippen LogP contribution in [0.5, 0.6) is 5.75 Å². The minimum absolute atomic E-state index is 0.0285. The molecule has 0 spiro atoms. The number of hydrogen-bond acceptors (Lipinski definition) is 4. The van der Waals surface area contributed by atoms with E-state index in [4.69, 9.17) is 15.7 Å². The fraction of sp³-hybridized carbons (Fsp3) is 0.333. The zero-order chi connectivity index (χ0) is 10.6. The van der Waals surface area contributed by atoms with Crippen LogP contribution in [0.2, 0.25) is 0 Å². The van der Waals surface area contributed by atoms with Crippen molar-refractivity contribution in [1.82, 2.24) is 4.98 Å². The normalized spacial score (nSPS) is 11.8. The van der Waals surface area contributed by atoms with Crippen molar-refractivity contribution in [3.63, 3.8) is 0 Å². The molecule has 3 N–H and O–H groups in total. The maximum Gasteiger partial charge on any atom is 0.188 e. The molecule has 1 rings (SSSR count). The largest absolute Gasteiger partial charge is 0.491 e. The molecule has 5 nitrogen and oxygen atoms in total. The topological polar surface area (TPSA) is 80.7 Å². The minimum Gasteiger partial charge on any atom is -0.491 e. The highest BCUT2D eigenvalue weighted by molar-refractivity contribution is 5.95. The van der Waals surface area contributed by atoms with E-state index in [2.05, 4.69) is 10.1 Å². The van der Waals surface area contributed by atoms with E-state index in [0.29, 0.717) is 11.4 Å². The average Bonchev–Trinajstić information content (AvgIpc) is 2.16. The Morgan fingerprint density at radius 2 is 2.36 bits per heavy atom. The highest BCUT2D eigenvalue weighted by Crippen LogP contribution is 2.12. The van der Waals surface area contributed by atoms with Crippen LogP contribution >= 0.6 is 0 Å². The summed E-state index contributed by atoms with van der Waals surface area (Å²) in [5.41, 5.74) is 5.77. The standard InChI is InChI=1S/C9H13N3O2/c1-6(2)14-7-3-4-11-8(5-7)9(10)12-13/h3-6,13H,1-2H3,(H2,10,12). The monoisotopic (exact) mass is 195 g/mol. The summed E-state index contributed by atoms with van der Waals surface area (Å²) in [6, 6.07) is 3.34. The zero-order valence-corrected chi connectivity index (χ0v) is 8.14. The van der Waals surface area contributed by atoms with Crippen LogP contribution in [0.4, 0.5) is 0 Å². The van der Waals surface area contributed by atoms with Crippen molar-refractivity contribution in [2.75, 3.05) is 0 Å². The maximum atomic E-state index is 8.44. The van der Waals surface area contributed by atoms with E-state index in [0.717, 1.165) is 0 Å². The Kier molecular flexibility index (Phi) is 3.28.